The van der Waals surface area contributed by atoms with Gasteiger partial charge >= 0.3 is 29.8 Å². The number of carbonyl (C=O) groups excluding carboxylic acids is 5. The summed E-state index contributed by atoms with van der Waals surface area (Å²) in [7, 11) is 4.15. The first-order valence-electron chi connectivity index (χ1n) is 36.3. The Labute approximate surface area is 569 Å². The minimum Gasteiger partial charge on any atom is -0.469 e. The molecular weight excluding hydrogens is 1210 g/mol. The molecule has 0 heterocycles. The first kappa shape index (κ1) is 81.3. The van der Waals surface area contributed by atoms with Gasteiger partial charge in [0.15, 0.2) is 0 Å². The van der Waals surface area contributed by atoms with Gasteiger partial charge in [0, 0.05) is 56.3 Å². The minimum absolute atomic E-state index is 0.0556. The Kier molecular flexibility index (Phi) is 28.4. The first-order chi connectivity index (χ1) is 44.3. The number of esters is 5. The number of fused-ring (bicyclic) bond motifs is 6. The Hall–Kier alpha value is -4.42. The van der Waals surface area contributed by atoms with Crippen molar-refractivity contribution >= 4 is 29.8 Å². The lowest BCUT2D eigenvalue weighted by Gasteiger charge is -2.62. The molecule has 95 heavy (non-hydrogen) atoms. The molecule has 16 atom stereocenters. The molecule has 0 aromatic rings. The van der Waals surface area contributed by atoms with Crippen molar-refractivity contribution in [3.8, 4) is 18.2 Å². The van der Waals surface area contributed by atoms with E-state index in [9.17, 15) is 49.5 Å². The highest BCUT2D eigenvalue weighted by Crippen LogP contribution is 2.62. The van der Waals surface area contributed by atoms with Crippen LogP contribution in [-0.4, -0.2) is 129 Å². The van der Waals surface area contributed by atoms with Crippen molar-refractivity contribution < 1.29 is 78.3 Å². The second-order valence-corrected chi connectivity index (χ2v) is 33.7. The Morgan fingerprint density at radius 1 is 0.432 bits per heavy atom. The number of aliphatic hydroxyl groups excluding tert-OH is 2. The van der Waals surface area contributed by atoms with Gasteiger partial charge in [-0.3, -0.25) is 24.0 Å². The van der Waals surface area contributed by atoms with E-state index in [-0.39, 0.29) is 60.3 Å². The number of hydrogen-bond donors (Lipinski definition) is 6. The van der Waals surface area contributed by atoms with Crippen molar-refractivity contribution in [2.75, 3.05) is 34.5 Å². The van der Waals surface area contributed by atoms with Crippen LogP contribution in [-0.2, 0) is 47.7 Å². The second-order valence-electron chi connectivity index (χ2n) is 33.7. The van der Waals surface area contributed by atoms with Gasteiger partial charge in [-0.25, -0.2) is 0 Å². The highest BCUT2D eigenvalue weighted by Gasteiger charge is 2.66. The Morgan fingerprint density at radius 2 is 0.747 bits per heavy atom. The molecule has 14 fully saturated rings. The Bertz CT molecular complexity index is 2570. The molecule has 0 spiro atoms. The molecule has 16 unspecified atom stereocenters. The standard InChI is InChI=1S/C16H26O5.C16H26O4.3C8H11N.C7H14O3.C7H14O2.C6H12O2/c1-3-13(2,10-17)12(18)21-16-6-11-4-14(19,8-16)7-15(20,5-11)9-16;1-4-13(2,3)12(17)20-16-7-11-5-14(18,9-16)8-15(19,6-11)10-16;3*9-5-8-4-6-1-2-7(8)3-6;1-4-7(2,5-8)6(9)10-3;1-5-7(2,3)6(8)9-4;1-4-5(2)6(7)8-3/h11,17,19-20H,3-10H2,1-2H3;11,18-19H,4-10H2,1-3H3;3*6-8H,1-4H2;8H,4-5H2,1-3H3;5H2,1-4H3;5H,4H2,1-3H3. The van der Waals surface area contributed by atoms with E-state index in [4.69, 9.17) is 30.4 Å². The molecule has 14 rings (SSSR count). The maximum Gasteiger partial charge on any atom is 0.314 e. The van der Waals surface area contributed by atoms with Gasteiger partial charge in [-0.05, 0) is 217 Å². The average Bonchev–Trinajstić information content (AvgIpc) is 1.50. The zero-order chi connectivity index (χ0) is 71.4. The van der Waals surface area contributed by atoms with Crippen LogP contribution in [0, 0.1) is 127 Å². The maximum atomic E-state index is 12.5. The topological polar surface area (TPSA) is 324 Å². The molecule has 0 saturated heterocycles. The number of rotatable bonds is 14. The predicted molar refractivity (Wildman–Crippen MR) is 358 cm³/mol. The Morgan fingerprint density at radius 3 is 0.937 bits per heavy atom. The van der Waals surface area contributed by atoms with E-state index in [1.165, 1.54) is 98.4 Å². The third-order valence-corrected chi connectivity index (χ3v) is 25.0. The quantitative estimate of drug-likeness (QED) is 0.0695. The van der Waals surface area contributed by atoms with Gasteiger partial charge in [-0.1, -0.05) is 60.8 Å². The molecule has 19 nitrogen and oxygen atoms in total. The van der Waals surface area contributed by atoms with Gasteiger partial charge in [-0.2, -0.15) is 15.8 Å². The molecule has 14 saturated carbocycles. The van der Waals surface area contributed by atoms with Gasteiger partial charge in [0.2, 0.25) is 0 Å². The van der Waals surface area contributed by atoms with E-state index in [2.05, 4.69) is 32.4 Å². The number of hydrogen-bond acceptors (Lipinski definition) is 19. The van der Waals surface area contributed by atoms with Gasteiger partial charge in [-0.15, -0.1) is 0 Å². The summed E-state index contributed by atoms with van der Waals surface area (Å²) in [6.07, 6.45) is 26.4. The third-order valence-electron chi connectivity index (χ3n) is 25.0. The molecule has 0 aromatic carbocycles. The number of nitrogens with zero attached hydrogens (tertiary/aromatic N) is 3. The molecule has 6 N–H and O–H groups in total. The number of ether oxygens (including phenoxy) is 5. The monoisotopic (exact) mass is 1340 g/mol. The number of carbonyl (C=O) groups is 5. The smallest absolute Gasteiger partial charge is 0.314 e. The summed E-state index contributed by atoms with van der Waals surface area (Å²) in [4.78, 5) is 57.2. The second kappa shape index (κ2) is 33.2. The van der Waals surface area contributed by atoms with E-state index in [1.54, 1.807) is 13.8 Å². The zero-order valence-corrected chi connectivity index (χ0v) is 61.0. The summed E-state index contributed by atoms with van der Waals surface area (Å²) < 4.78 is 25.2. The van der Waals surface area contributed by atoms with Crippen molar-refractivity contribution in [2.24, 2.45) is 92.7 Å². The summed E-state index contributed by atoms with van der Waals surface area (Å²) >= 11 is 0. The SMILES string of the molecule is CCC(C)(C)C(=O)OC.CCC(C)(C)C(=O)OC12CC3CC(O)(CC(O)(C3)C1)C2.CCC(C)(CO)C(=O)OC.CCC(C)(CO)C(=O)OC12CC3CC(O)(CC(O)(C3)C1)C2.CCC(C)C(=O)OC.N#CC1CC2CCC1C2.N#CC1CC2CCC1C2.N#CC1CC2CCC1C2. The molecule has 14 bridgehead atoms. The summed E-state index contributed by atoms with van der Waals surface area (Å²) in [6, 6.07) is 7.19. The molecule has 0 aliphatic heterocycles. The van der Waals surface area contributed by atoms with E-state index in [1.807, 2.05) is 69.2 Å². The molecule has 0 aromatic heterocycles. The van der Waals surface area contributed by atoms with Gasteiger partial charge in [0.05, 0.1) is 103 Å². The van der Waals surface area contributed by atoms with Crippen molar-refractivity contribution in [2.45, 2.75) is 303 Å². The molecule has 540 valence electrons. The van der Waals surface area contributed by atoms with Crippen LogP contribution >= 0.6 is 0 Å². The summed E-state index contributed by atoms with van der Waals surface area (Å²) in [5, 5.41) is 86.8. The van der Waals surface area contributed by atoms with Crippen LogP contribution in [0.15, 0.2) is 0 Å². The van der Waals surface area contributed by atoms with E-state index in [0.29, 0.717) is 88.4 Å². The van der Waals surface area contributed by atoms with Gasteiger partial charge < -0.3 is 54.3 Å². The fourth-order valence-electron chi connectivity index (χ4n) is 18.4. The van der Waals surface area contributed by atoms with Gasteiger partial charge in [0.25, 0.3) is 0 Å². The Balaban J connectivity index is 0.000000203. The number of methoxy groups -OCH3 is 3. The molecular formula is C76H125N3O16. The largest absolute Gasteiger partial charge is 0.469 e. The van der Waals surface area contributed by atoms with E-state index >= 15 is 0 Å². The lowest BCUT2D eigenvalue weighted by Crippen LogP contribution is -2.67. The summed E-state index contributed by atoms with van der Waals surface area (Å²) in [5.74, 6) is 5.80. The van der Waals surface area contributed by atoms with Crippen molar-refractivity contribution in [3.05, 3.63) is 0 Å². The van der Waals surface area contributed by atoms with Crippen molar-refractivity contribution in [1.29, 1.82) is 15.8 Å². The minimum atomic E-state index is -0.908. The fourth-order valence-corrected chi connectivity index (χ4v) is 18.4. The normalized spacial score (nSPS) is 37.5. The maximum absolute atomic E-state index is 12.5. The van der Waals surface area contributed by atoms with E-state index in [0.717, 1.165) is 74.0 Å². The van der Waals surface area contributed by atoms with Crippen LogP contribution in [0.1, 0.15) is 269 Å². The van der Waals surface area contributed by atoms with Crippen LogP contribution in [0.3, 0.4) is 0 Å². The first-order valence-corrected chi connectivity index (χ1v) is 36.3. The van der Waals surface area contributed by atoms with E-state index < -0.39 is 55.8 Å². The molecule has 19 heteroatoms. The van der Waals surface area contributed by atoms with Crippen LogP contribution in [0.5, 0.6) is 0 Å². The van der Waals surface area contributed by atoms with Crippen LogP contribution in [0.25, 0.3) is 0 Å². The van der Waals surface area contributed by atoms with Crippen molar-refractivity contribution in [3.63, 3.8) is 0 Å². The van der Waals surface area contributed by atoms with Crippen LogP contribution in [0.4, 0.5) is 0 Å². The van der Waals surface area contributed by atoms with Gasteiger partial charge in [0.1, 0.15) is 11.2 Å². The predicted octanol–water partition coefficient (Wildman–Crippen LogP) is 12.5. The lowest BCUT2D eigenvalue weighted by molar-refractivity contribution is -0.266. The molecule has 14 aliphatic rings. The number of nitriles is 3. The molecule has 14 aliphatic carbocycles. The average molecular weight is 1340 g/mol. The summed E-state index contributed by atoms with van der Waals surface area (Å²) in [6.45, 7) is 21.9. The highest BCUT2D eigenvalue weighted by atomic mass is 16.6. The summed E-state index contributed by atoms with van der Waals surface area (Å²) in [5.41, 5.74) is -7.34. The van der Waals surface area contributed by atoms with Crippen LogP contribution in [0.2, 0.25) is 0 Å². The lowest BCUT2D eigenvalue weighted by atomic mass is 9.50. The molecule has 0 amide bonds. The molecule has 0 radical (unpaired) electrons. The highest BCUT2D eigenvalue weighted by molar-refractivity contribution is 5.78. The van der Waals surface area contributed by atoms with Crippen LogP contribution < -0.4 is 0 Å². The van der Waals surface area contributed by atoms with Crippen molar-refractivity contribution in [1.82, 2.24) is 0 Å². The zero-order valence-electron chi connectivity index (χ0n) is 61.0. The third kappa shape index (κ3) is 20.6. The fraction of sp³-hybridized carbons (Fsp3) is 0.895. The number of aliphatic hydroxyl groups is 6.